The Kier molecular flexibility index (Phi) is 8.88. The third kappa shape index (κ3) is 5.91. The highest BCUT2D eigenvalue weighted by atomic mass is 16.5. The Morgan fingerprint density at radius 1 is 0.949 bits per heavy atom. The van der Waals surface area contributed by atoms with Gasteiger partial charge in [-0.3, -0.25) is 9.59 Å². The van der Waals surface area contributed by atoms with Crippen LogP contribution in [0.2, 0.25) is 0 Å². The maximum Gasteiger partial charge on any atom is 0.295 e. The number of hydrogen-bond acceptors (Lipinski definition) is 7. The van der Waals surface area contributed by atoms with E-state index < -0.39 is 17.7 Å². The first-order chi connectivity index (χ1) is 18.9. The zero-order valence-corrected chi connectivity index (χ0v) is 22.6. The number of hydrogen-bond donors (Lipinski definition) is 1. The summed E-state index contributed by atoms with van der Waals surface area (Å²) in [7, 11) is 3.05. The molecule has 1 amide bonds. The number of aliphatic hydroxyl groups excluding tert-OH is 1. The Morgan fingerprint density at radius 3 is 2.38 bits per heavy atom. The lowest BCUT2D eigenvalue weighted by molar-refractivity contribution is -0.140. The minimum Gasteiger partial charge on any atom is -0.507 e. The van der Waals surface area contributed by atoms with Crippen LogP contribution in [0, 0.1) is 6.92 Å². The van der Waals surface area contributed by atoms with Crippen molar-refractivity contribution in [1.29, 1.82) is 0 Å². The van der Waals surface area contributed by atoms with Gasteiger partial charge in [-0.25, -0.2) is 0 Å². The van der Waals surface area contributed by atoms with Crippen molar-refractivity contribution in [3.63, 3.8) is 0 Å². The highest BCUT2D eigenvalue weighted by Gasteiger charge is 2.46. The maximum absolute atomic E-state index is 13.3. The molecule has 8 heteroatoms. The SMILES string of the molecule is CCOc1ccc(C2C(=C(O)c3ccc(OCc4ccccc4)cc3C)C(=O)C(=O)N2CCOC)cc1OC. The number of methoxy groups -OCH3 is 2. The van der Waals surface area contributed by atoms with Crippen LogP contribution in [0.1, 0.15) is 35.2 Å². The van der Waals surface area contributed by atoms with Crippen LogP contribution in [0.15, 0.2) is 72.3 Å². The van der Waals surface area contributed by atoms with Gasteiger partial charge in [-0.2, -0.15) is 0 Å². The first-order valence-corrected chi connectivity index (χ1v) is 12.7. The van der Waals surface area contributed by atoms with Crippen molar-refractivity contribution in [2.45, 2.75) is 26.5 Å². The summed E-state index contributed by atoms with van der Waals surface area (Å²) in [5, 5.41) is 11.5. The van der Waals surface area contributed by atoms with Crippen molar-refractivity contribution in [1.82, 2.24) is 4.90 Å². The van der Waals surface area contributed by atoms with E-state index in [4.69, 9.17) is 18.9 Å². The summed E-state index contributed by atoms with van der Waals surface area (Å²) >= 11 is 0. The van der Waals surface area contributed by atoms with E-state index in [-0.39, 0.29) is 24.5 Å². The van der Waals surface area contributed by atoms with Crippen LogP contribution in [0.25, 0.3) is 5.76 Å². The van der Waals surface area contributed by atoms with Crippen LogP contribution in [0.5, 0.6) is 17.2 Å². The fourth-order valence-electron chi connectivity index (χ4n) is 4.65. The number of Topliss-reactive ketones (excluding diaryl/α,β-unsaturated/α-hetero) is 1. The molecule has 39 heavy (non-hydrogen) atoms. The molecule has 0 aromatic heterocycles. The molecule has 1 N–H and O–H groups in total. The van der Waals surface area contributed by atoms with E-state index in [2.05, 4.69) is 0 Å². The number of carbonyl (C=O) groups excluding carboxylic acids is 2. The number of aliphatic hydroxyl groups is 1. The fourth-order valence-corrected chi connectivity index (χ4v) is 4.65. The number of nitrogens with zero attached hydrogens (tertiary/aromatic N) is 1. The van der Waals surface area contributed by atoms with E-state index in [9.17, 15) is 14.7 Å². The molecule has 0 spiro atoms. The molecule has 0 saturated carbocycles. The van der Waals surface area contributed by atoms with Gasteiger partial charge >= 0.3 is 0 Å². The van der Waals surface area contributed by atoms with Gasteiger partial charge in [-0.1, -0.05) is 36.4 Å². The molecule has 3 aromatic rings. The van der Waals surface area contributed by atoms with Crippen molar-refractivity contribution >= 4 is 17.4 Å². The van der Waals surface area contributed by atoms with Gasteiger partial charge in [0.25, 0.3) is 11.7 Å². The molecule has 0 aliphatic carbocycles. The summed E-state index contributed by atoms with van der Waals surface area (Å²) in [6.45, 7) is 4.93. The Morgan fingerprint density at radius 2 is 1.72 bits per heavy atom. The van der Waals surface area contributed by atoms with Crippen molar-refractivity contribution in [3.8, 4) is 17.2 Å². The normalized spacial score (nSPS) is 16.4. The molecule has 1 aliphatic rings. The largest absolute Gasteiger partial charge is 0.507 e. The molecular formula is C31H33NO7. The van der Waals surface area contributed by atoms with Gasteiger partial charge in [0.15, 0.2) is 11.5 Å². The molecule has 1 fully saturated rings. The Bertz CT molecular complexity index is 1370. The fraction of sp³-hybridized carbons (Fsp3) is 0.290. The van der Waals surface area contributed by atoms with E-state index in [0.29, 0.717) is 47.2 Å². The predicted octanol–water partition coefficient (Wildman–Crippen LogP) is 5.05. The summed E-state index contributed by atoms with van der Waals surface area (Å²) in [4.78, 5) is 27.8. The topological polar surface area (TPSA) is 94.5 Å². The van der Waals surface area contributed by atoms with Crippen LogP contribution < -0.4 is 14.2 Å². The van der Waals surface area contributed by atoms with E-state index in [1.165, 1.54) is 19.1 Å². The summed E-state index contributed by atoms with van der Waals surface area (Å²) < 4.78 is 22.2. The third-order valence-corrected chi connectivity index (χ3v) is 6.58. The molecule has 0 bridgehead atoms. The van der Waals surface area contributed by atoms with Crippen LogP contribution >= 0.6 is 0 Å². The molecule has 1 unspecified atom stereocenters. The van der Waals surface area contributed by atoms with E-state index in [1.54, 1.807) is 36.4 Å². The Labute approximate surface area is 228 Å². The Hall–Kier alpha value is -4.30. The van der Waals surface area contributed by atoms with Crippen LogP contribution in [-0.2, 0) is 20.9 Å². The molecule has 1 heterocycles. The zero-order valence-electron chi connectivity index (χ0n) is 22.6. The smallest absolute Gasteiger partial charge is 0.295 e. The average molecular weight is 532 g/mol. The molecule has 4 rings (SSSR count). The Balaban J connectivity index is 1.74. The summed E-state index contributed by atoms with van der Waals surface area (Å²) in [5.74, 6) is -0.0843. The van der Waals surface area contributed by atoms with Gasteiger partial charge in [-0.05, 0) is 60.9 Å². The standard InChI is InChI=1S/C31H33NO7/c1-5-38-25-14-11-22(18-26(25)37-4)28-27(30(34)31(35)32(28)15-16-36-3)29(33)24-13-12-23(17-20(24)2)39-19-21-9-7-6-8-10-21/h6-14,17-18,28,33H,5,15-16,19H2,1-4H3. The van der Waals surface area contributed by atoms with Gasteiger partial charge in [0.05, 0.1) is 31.9 Å². The van der Waals surface area contributed by atoms with Gasteiger partial charge < -0.3 is 29.0 Å². The summed E-state index contributed by atoms with van der Waals surface area (Å²) in [6.07, 6.45) is 0. The lowest BCUT2D eigenvalue weighted by atomic mass is 9.93. The van der Waals surface area contributed by atoms with Crippen LogP contribution in [0.4, 0.5) is 0 Å². The number of likely N-dealkylation sites (tertiary alicyclic amines) is 1. The maximum atomic E-state index is 13.3. The molecule has 1 atom stereocenters. The quantitative estimate of drug-likeness (QED) is 0.210. The zero-order chi connectivity index (χ0) is 27.9. The van der Waals surface area contributed by atoms with Gasteiger partial charge in [0.1, 0.15) is 18.1 Å². The van der Waals surface area contributed by atoms with Gasteiger partial charge in [0.2, 0.25) is 0 Å². The number of ketones is 1. The number of amides is 1. The molecule has 204 valence electrons. The third-order valence-electron chi connectivity index (χ3n) is 6.58. The van der Waals surface area contributed by atoms with E-state index >= 15 is 0 Å². The second-order valence-electron chi connectivity index (χ2n) is 9.08. The number of rotatable bonds is 11. The summed E-state index contributed by atoms with van der Waals surface area (Å²) in [5.41, 5.74) is 2.78. The molecule has 1 aliphatic heterocycles. The number of benzene rings is 3. The van der Waals surface area contributed by atoms with Crippen molar-refractivity contribution in [2.75, 3.05) is 34.0 Å². The predicted molar refractivity (Wildman–Crippen MR) is 147 cm³/mol. The lowest BCUT2D eigenvalue weighted by Crippen LogP contribution is -2.32. The van der Waals surface area contributed by atoms with Crippen LogP contribution in [-0.4, -0.2) is 55.7 Å². The second kappa shape index (κ2) is 12.5. The first kappa shape index (κ1) is 27.7. The number of carbonyl (C=O) groups is 2. The second-order valence-corrected chi connectivity index (χ2v) is 9.08. The monoisotopic (exact) mass is 531 g/mol. The highest BCUT2D eigenvalue weighted by Crippen LogP contribution is 2.42. The molecule has 1 saturated heterocycles. The van der Waals surface area contributed by atoms with E-state index in [0.717, 1.165) is 5.56 Å². The van der Waals surface area contributed by atoms with Crippen molar-refractivity contribution in [2.24, 2.45) is 0 Å². The van der Waals surface area contributed by atoms with Crippen molar-refractivity contribution < 1.29 is 33.6 Å². The minimum atomic E-state index is -0.835. The lowest BCUT2D eigenvalue weighted by Gasteiger charge is -2.26. The average Bonchev–Trinajstić information content (AvgIpc) is 3.20. The van der Waals surface area contributed by atoms with Gasteiger partial charge in [-0.15, -0.1) is 0 Å². The summed E-state index contributed by atoms with van der Waals surface area (Å²) in [6, 6.07) is 19.4. The molecule has 0 radical (unpaired) electrons. The molecular weight excluding hydrogens is 498 g/mol. The van der Waals surface area contributed by atoms with E-state index in [1.807, 2.05) is 44.2 Å². The molecule has 3 aromatic carbocycles. The molecule has 8 nitrogen and oxygen atoms in total. The van der Waals surface area contributed by atoms with Crippen LogP contribution in [0.3, 0.4) is 0 Å². The van der Waals surface area contributed by atoms with Crippen molar-refractivity contribution in [3.05, 3.63) is 94.6 Å². The van der Waals surface area contributed by atoms with Gasteiger partial charge in [0, 0.05) is 19.2 Å². The minimum absolute atomic E-state index is 0.00312. The number of aryl methyl sites for hydroxylation is 1. The first-order valence-electron chi connectivity index (χ1n) is 12.7. The highest BCUT2D eigenvalue weighted by molar-refractivity contribution is 6.46. The number of ether oxygens (including phenoxy) is 4.